The molecule has 0 spiro atoms. The Hall–Kier alpha value is -2.93. The van der Waals surface area contributed by atoms with E-state index in [2.05, 4.69) is 20.5 Å². The van der Waals surface area contributed by atoms with Crippen LogP contribution >= 0.6 is 11.6 Å². The van der Waals surface area contributed by atoms with Gasteiger partial charge in [-0.15, -0.1) is 5.10 Å². The summed E-state index contributed by atoms with van der Waals surface area (Å²) >= 11 is 6.34. The fourth-order valence-electron chi connectivity index (χ4n) is 2.30. The summed E-state index contributed by atoms with van der Waals surface area (Å²) in [4.78, 5) is 4.00. The lowest BCUT2D eigenvalue weighted by Crippen LogP contribution is -2.04. The van der Waals surface area contributed by atoms with E-state index in [1.807, 2.05) is 37.3 Å². The molecule has 8 heteroatoms. The summed E-state index contributed by atoms with van der Waals surface area (Å²) in [5.41, 5.74) is 7.38. The van der Waals surface area contributed by atoms with E-state index < -0.39 is 0 Å². The van der Waals surface area contributed by atoms with E-state index in [9.17, 15) is 0 Å². The highest BCUT2D eigenvalue weighted by atomic mass is 35.5. The Bertz CT molecular complexity index is 881. The highest BCUT2D eigenvalue weighted by molar-refractivity contribution is 6.31. The molecule has 0 bridgehead atoms. The van der Waals surface area contributed by atoms with Gasteiger partial charge in [-0.05, 0) is 36.8 Å². The fraction of sp³-hybridized carbons (Fsp3) is 0.176. The second kappa shape index (κ2) is 7.31. The number of H-pyrrole nitrogens is 1. The second-order valence-electron chi connectivity index (χ2n) is 5.37. The highest BCUT2D eigenvalue weighted by Gasteiger charge is 2.13. The van der Waals surface area contributed by atoms with Crippen LogP contribution in [-0.2, 0) is 6.54 Å². The number of halogens is 1. The Kier molecular flexibility index (Phi) is 4.95. The molecule has 0 aliphatic carbocycles. The van der Waals surface area contributed by atoms with Gasteiger partial charge in [0.15, 0.2) is 11.5 Å². The van der Waals surface area contributed by atoms with Crippen LogP contribution in [0.1, 0.15) is 11.1 Å². The minimum atomic E-state index is 0.238. The van der Waals surface area contributed by atoms with E-state index in [4.69, 9.17) is 26.8 Å². The largest absolute Gasteiger partial charge is 0.493 e. The first-order valence-corrected chi connectivity index (χ1v) is 7.96. The van der Waals surface area contributed by atoms with Crippen LogP contribution in [0.5, 0.6) is 17.2 Å². The Morgan fingerprint density at radius 2 is 2.04 bits per heavy atom. The summed E-state index contributed by atoms with van der Waals surface area (Å²) in [6.45, 7) is 2.37. The van der Waals surface area contributed by atoms with Gasteiger partial charge in [-0.25, -0.2) is 5.10 Å². The normalized spacial score (nSPS) is 10.5. The van der Waals surface area contributed by atoms with Gasteiger partial charge >= 0.3 is 0 Å². The minimum absolute atomic E-state index is 0.238. The average molecular weight is 360 g/mol. The van der Waals surface area contributed by atoms with Gasteiger partial charge in [0.1, 0.15) is 5.75 Å². The van der Waals surface area contributed by atoms with E-state index in [-0.39, 0.29) is 5.95 Å². The zero-order valence-electron chi connectivity index (χ0n) is 13.8. The third-order valence-corrected chi connectivity index (χ3v) is 3.90. The number of anilines is 2. The van der Waals surface area contributed by atoms with E-state index in [1.165, 1.54) is 0 Å². The number of hydrogen-bond acceptors (Lipinski definition) is 6. The van der Waals surface area contributed by atoms with Crippen LogP contribution in [0, 0.1) is 6.92 Å². The van der Waals surface area contributed by atoms with Crippen LogP contribution in [0.2, 0.25) is 5.02 Å². The molecule has 1 aromatic heterocycles. The molecule has 3 aromatic rings. The predicted molar refractivity (Wildman–Crippen MR) is 97.4 cm³/mol. The molecule has 0 saturated heterocycles. The van der Waals surface area contributed by atoms with Crippen LogP contribution < -0.4 is 20.5 Å². The van der Waals surface area contributed by atoms with Crippen molar-refractivity contribution in [3.63, 3.8) is 0 Å². The lowest BCUT2D eigenvalue weighted by Gasteiger charge is -2.15. The Balaban J connectivity index is 1.85. The van der Waals surface area contributed by atoms with Gasteiger partial charge in [-0.2, -0.15) is 4.98 Å². The van der Waals surface area contributed by atoms with Gasteiger partial charge < -0.3 is 20.5 Å². The third kappa shape index (κ3) is 3.95. The maximum atomic E-state index is 6.34. The van der Waals surface area contributed by atoms with Crippen molar-refractivity contribution in [2.24, 2.45) is 0 Å². The molecule has 130 valence electrons. The van der Waals surface area contributed by atoms with Gasteiger partial charge in [-0.1, -0.05) is 23.7 Å². The first-order chi connectivity index (χ1) is 12.1. The van der Waals surface area contributed by atoms with Crippen LogP contribution in [0.25, 0.3) is 0 Å². The number of rotatable bonds is 6. The molecule has 0 fully saturated rings. The summed E-state index contributed by atoms with van der Waals surface area (Å²) < 4.78 is 11.4. The van der Waals surface area contributed by atoms with Crippen LogP contribution in [-0.4, -0.2) is 22.3 Å². The molecule has 0 radical (unpaired) electrons. The van der Waals surface area contributed by atoms with Crippen LogP contribution in [0.15, 0.2) is 36.4 Å². The summed E-state index contributed by atoms with van der Waals surface area (Å²) in [7, 11) is 1.61. The van der Waals surface area contributed by atoms with Crippen molar-refractivity contribution in [3.05, 3.63) is 52.5 Å². The molecule has 0 saturated carbocycles. The lowest BCUT2D eigenvalue weighted by molar-refractivity contribution is 0.377. The quantitative estimate of drug-likeness (QED) is 0.619. The van der Waals surface area contributed by atoms with Crippen molar-refractivity contribution < 1.29 is 9.47 Å². The first-order valence-electron chi connectivity index (χ1n) is 7.58. The Morgan fingerprint density at radius 3 is 2.76 bits per heavy atom. The fourth-order valence-corrected chi connectivity index (χ4v) is 2.54. The van der Waals surface area contributed by atoms with Crippen molar-refractivity contribution in [2.75, 3.05) is 18.2 Å². The highest BCUT2D eigenvalue weighted by Crippen LogP contribution is 2.36. The molecule has 25 heavy (non-hydrogen) atoms. The molecular formula is C17H18ClN5O2. The SMILES string of the molecule is COc1cc(C)ccc1Oc1cccc(Cl)c1CNc1n[nH]c(N)n1. The van der Waals surface area contributed by atoms with Gasteiger partial charge in [-0.3, -0.25) is 0 Å². The summed E-state index contributed by atoms with van der Waals surface area (Å²) in [6.07, 6.45) is 0. The molecule has 0 aliphatic heterocycles. The Morgan fingerprint density at radius 1 is 1.20 bits per heavy atom. The number of methoxy groups -OCH3 is 1. The minimum Gasteiger partial charge on any atom is -0.493 e. The first kappa shape index (κ1) is 16.9. The molecule has 0 amide bonds. The van der Waals surface area contributed by atoms with E-state index in [0.29, 0.717) is 34.8 Å². The number of hydrogen-bond donors (Lipinski definition) is 3. The van der Waals surface area contributed by atoms with Crippen molar-refractivity contribution >= 4 is 23.5 Å². The number of nitrogen functional groups attached to an aromatic ring is 1. The van der Waals surface area contributed by atoms with Gasteiger partial charge in [0.05, 0.1) is 7.11 Å². The molecule has 3 rings (SSSR count). The smallest absolute Gasteiger partial charge is 0.243 e. The average Bonchev–Trinajstić information content (AvgIpc) is 3.01. The van der Waals surface area contributed by atoms with Crippen molar-refractivity contribution in [1.29, 1.82) is 0 Å². The number of nitrogens with one attached hydrogen (secondary N) is 2. The summed E-state index contributed by atoms with van der Waals surface area (Å²) in [5, 5.41) is 10.1. The third-order valence-electron chi connectivity index (χ3n) is 3.54. The van der Waals surface area contributed by atoms with Gasteiger partial charge in [0.2, 0.25) is 11.9 Å². The number of nitrogens with zero attached hydrogens (tertiary/aromatic N) is 2. The molecular weight excluding hydrogens is 342 g/mol. The summed E-state index contributed by atoms with van der Waals surface area (Å²) in [5.74, 6) is 2.50. The zero-order chi connectivity index (χ0) is 17.8. The van der Waals surface area contributed by atoms with Gasteiger partial charge in [0.25, 0.3) is 0 Å². The number of aryl methyl sites for hydroxylation is 1. The number of nitrogens with two attached hydrogens (primary N) is 1. The summed E-state index contributed by atoms with van der Waals surface area (Å²) in [6, 6.07) is 11.2. The predicted octanol–water partition coefficient (Wildman–Crippen LogP) is 3.76. The van der Waals surface area contributed by atoms with Crippen LogP contribution in [0.4, 0.5) is 11.9 Å². The zero-order valence-corrected chi connectivity index (χ0v) is 14.6. The van der Waals surface area contributed by atoms with Crippen molar-refractivity contribution in [3.8, 4) is 17.2 Å². The molecule has 1 heterocycles. The monoisotopic (exact) mass is 359 g/mol. The van der Waals surface area contributed by atoms with Crippen molar-refractivity contribution in [2.45, 2.75) is 13.5 Å². The van der Waals surface area contributed by atoms with Gasteiger partial charge in [0, 0.05) is 17.1 Å². The second-order valence-corrected chi connectivity index (χ2v) is 5.78. The maximum Gasteiger partial charge on any atom is 0.243 e. The Labute approximate surface area is 150 Å². The molecule has 7 nitrogen and oxygen atoms in total. The number of benzene rings is 2. The molecule has 0 aliphatic rings. The maximum absolute atomic E-state index is 6.34. The number of aromatic amines is 1. The van der Waals surface area contributed by atoms with E-state index >= 15 is 0 Å². The van der Waals surface area contributed by atoms with E-state index in [0.717, 1.165) is 11.1 Å². The van der Waals surface area contributed by atoms with Crippen LogP contribution in [0.3, 0.4) is 0 Å². The van der Waals surface area contributed by atoms with Crippen molar-refractivity contribution in [1.82, 2.24) is 15.2 Å². The molecule has 4 N–H and O–H groups in total. The lowest BCUT2D eigenvalue weighted by atomic mass is 10.2. The molecule has 0 unspecified atom stereocenters. The topological polar surface area (TPSA) is 98.1 Å². The number of ether oxygens (including phenoxy) is 2. The molecule has 2 aromatic carbocycles. The standard InChI is InChI=1S/C17H18ClN5O2/c1-10-6-7-14(15(8-10)24-2)25-13-5-3-4-12(18)11(13)9-20-17-21-16(19)22-23-17/h3-8H,9H2,1-2H3,(H4,19,20,21,22,23). The van der Waals surface area contributed by atoms with E-state index in [1.54, 1.807) is 13.2 Å². The molecule has 0 atom stereocenters. The number of aromatic nitrogens is 3.